The van der Waals surface area contributed by atoms with E-state index >= 15 is 0 Å². The van der Waals surface area contributed by atoms with Crippen LogP contribution in [0.5, 0.6) is 11.5 Å². The molecule has 0 aliphatic carbocycles. The van der Waals surface area contributed by atoms with E-state index in [0.29, 0.717) is 33.4 Å². The first-order valence-corrected chi connectivity index (χ1v) is 9.98. The number of halogens is 1. The van der Waals surface area contributed by atoms with Gasteiger partial charge >= 0.3 is 0 Å². The van der Waals surface area contributed by atoms with Gasteiger partial charge in [0.05, 0.1) is 24.8 Å². The van der Waals surface area contributed by atoms with Crippen LogP contribution in [0.4, 0.5) is 0 Å². The Balaban J connectivity index is 1.84. The number of aryl methyl sites for hydroxylation is 2. The monoisotopic (exact) mass is 416 g/mol. The second-order valence-electron chi connectivity index (χ2n) is 6.15. The zero-order valence-electron chi connectivity index (χ0n) is 15.9. The van der Waals surface area contributed by atoms with E-state index in [1.54, 1.807) is 38.5 Å². The lowest BCUT2D eigenvalue weighted by Crippen LogP contribution is -2.19. The minimum absolute atomic E-state index is 0.340. The highest BCUT2D eigenvalue weighted by atomic mass is 35.5. The molecule has 0 aliphatic heterocycles. The second-order valence-corrected chi connectivity index (χ2v) is 7.39. The zero-order chi connectivity index (χ0) is 20.1. The molecule has 0 saturated heterocycles. The average molecular weight is 417 g/mol. The SMILES string of the molecule is COc1ccc(CCn2c(C)csc2=NC(=O)c2ccccc2Cl)cc1OC. The molecule has 0 bridgehead atoms. The highest BCUT2D eigenvalue weighted by molar-refractivity contribution is 7.07. The van der Waals surface area contributed by atoms with Gasteiger partial charge in [0.25, 0.3) is 5.91 Å². The van der Waals surface area contributed by atoms with Gasteiger partial charge in [-0.2, -0.15) is 4.99 Å². The maximum Gasteiger partial charge on any atom is 0.281 e. The van der Waals surface area contributed by atoms with E-state index in [1.807, 2.05) is 35.1 Å². The van der Waals surface area contributed by atoms with Crippen molar-refractivity contribution in [3.8, 4) is 11.5 Å². The number of thiazole rings is 1. The summed E-state index contributed by atoms with van der Waals surface area (Å²) < 4.78 is 12.7. The summed E-state index contributed by atoms with van der Waals surface area (Å²) in [6.07, 6.45) is 0.769. The van der Waals surface area contributed by atoms with Crippen LogP contribution < -0.4 is 14.3 Å². The van der Waals surface area contributed by atoms with Crippen molar-refractivity contribution in [2.75, 3.05) is 14.2 Å². The smallest absolute Gasteiger partial charge is 0.281 e. The molecule has 1 amide bonds. The first-order chi connectivity index (χ1) is 13.5. The number of ether oxygens (including phenoxy) is 2. The molecule has 1 heterocycles. The van der Waals surface area contributed by atoms with E-state index in [2.05, 4.69) is 4.99 Å². The van der Waals surface area contributed by atoms with Gasteiger partial charge in [0.15, 0.2) is 16.3 Å². The number of benzene rings is 2. The molecule has 5 nitrogen and oxygen atoms in total. The Kier molecular flexibility index (Phi) is 6.54. The molecule has 1 aromatic heterocycles. The van der Waals surface area contributed by atoms with E-state index in [-0.39, 0.29) is 5.91 Å². The van der Waals surface area contributed by atoms with E-state index in [1.165, 1.54) is 11.3 Å². The summed E-state index contributed by atoms with van der Waals surface area (Å²) in [4.78, 5) is 17.5. The number of hydrogen-bond donors (Lipinski definition) is 0. The molecule has 0 N–H and O–H groups in total. The molecule has 3 aromatic rings. The molecular formula is C21H21ClN2O3S. The minimum Gasteiger partial charge on any atom is -0.493 e. The molecule has 28 heavy (non-hydrogen) atoms. The number of carbonyl (C=O) groups is 1. The second kappa shape index (κ2) is 9.08. The van der Waals surface area contributed by atoms with E-state index < -0.39 is 0 Å². The van der Waals surface area contributed by atoms with Crippen molar-refractivity contribution in [2.24, 2.45) is 4.99 Å². The highest BCUT2D eigenvalue weighted by Crippen LogP contribution is 2.27. The Hall–Kier alpha value is -2.57. The molecule has 2 aromatic carbocycles. The maximum atomic E-state index is 12.5. The first-order valence-electron chi connectivity index (χ1n) is 8.73. The van der Waals surface area contributed by atoms with Gasteiger partial charge in [-0.25, -0.2) is 0 Å². The zero-order valence-corrected chi connectivity index (χ0v) is 17.5. The third kappa shape index (κ3) is 4.46. The van der Waals surface area contributed by atoms with Gasteiger partial charge < -0.3 is 14.0 Å². The standard InChI is InChI=1S/C21H21ClN2O3S/c1-14-13-28-21(23-20(25)16-6-4-5-7-17(16)22)24(14)11-10-15-8-9-18(26-2)19(12-15)27-3/h4-9,12-13H,10-11H2,1-3H3. The average Bonchev–Trinajstić information content (AvgIpc) is 3.05. The number of nitrogens with zero attached hydrogens (tertiary/aromatic N) is 2. The Morgan fingerprint density at radius 2 is 1.89 bits per heavy atom. The Labute approximate surface area is 172 Å². The molecule has 0 spiro atoms. The van der Waals surface area contributed by atoms with Crippen LogP contribution in [0.25, 0.3) is 0 Å². The molecule has 0 saturated carbocycles. The van der Waals surface area contributed by atoms with Crippen LogP contribution in [0, 0.1) is 6.92 Å². The van der Waals surface area contributed by atoms with Crippen LogP contribution >= 0.6 is 22.9 Å². The van der Waals surface area contributed by atoms with Gasteiger partial charge in [-0.3, -0.25) is 4.79 Å². The number of rotatable bonds is 6. The Morgan fingerprint density at radius 3 is 2.61 bits per heavy atom. The Morgan fingerprint density at radius 1 is 1.14 bits per heavy atom. The van der Waals surface area contributed by atoms with Gasteiger partial charge in [0.2, 0.25) is 0 Å². The highest BCUT2D eigenvalue weighted by Gasteiger charge is 2.11. The van der Waals surface area contributed by atoms with Gasteiger partial charge in [-0.1, -0.05) is 29.8 Å². The van der Waals surface area contributed by atoms with Gasteiger partial charge in [0, 0.05) is 17.6 Å². The summed E-state index contributed by atoms with van der Waals surface area (Å²) in [7, 11) is 3.24. The van der Waals surface area contributed by atoms with Crippen molar-refractivity contribution >= 4 is 28.8 Å². The Bertz CT molecular complexity index is 1060. The molecular weight excluding hydrogens is 396 g/mol. The molecule has 146 valence electrons. The van der Waals surface area contributed by atoms with E-state index in [9.17, 15) is 4.79 Å². The molecule has 0 radical (unpaired) electrons. The third-order valence-corrected chi connectivity index (χ3v) is 5.68. The van der Waals surface area contributed by atoms with E-state index in [0.717, 1.165) is 17.7 Å². The van der Waals surface area contributed by atoms with Gasteiger partial charge in [-0.05, 0) is 43.2 Å². The van der Waals surface area contributed by atoms with Gasteiger partial charge in [-0.15, -0.1) is 11.3 Å². The summed E-state index contributed by atoms with van der Waals surface area (Å²) in [5.41, 5.74) is 2.57. The summed E-state index contributed by atoms with van der Waals surface area (Å²) >= 11 is 7.56. The predicted octanol–water partition coefficient (Wildman–Crippen LogP) is 4.51. The van der Waals surface area contributed by atoms with E-state index in [4.69, 9.17) is 21.1 Å². The lowest BCUT2D eigenvalue weighted by Gasteiger charge is -2.10. The number of carbonyl (C=O) groups excluding carboxylic acids is 1. The van der Waals surface area contributed by atoms with Crippen LogP contribution in [-0.4, -0.2) is 24.7 Å². The van der Waals surface area contributed by atoms with Crippen molar-refractivity contribution in [1.82, 2.24) is 4.57 Å². The molecule has 0 aliphatic rings. The summed E-state index contributed by atoms with van der Waals surface area (Å²) in [5, 5.41) is 2.40. The van der Waals surface area contributed by atoms with Crippen LogP contribution in [0.1, 0.15) is 21.6 Å². The largest absolute Gasteiger partial charge is 0.493 e. The quantitative estimate of drug-likeness (QED) is 0.594. The van der Waals surface area contributed by atoms with Gasteiger partial charge in [0.1, 0.15) is 0 Å². The topological polar surface area (TPSA) is 52.8 Å². The molecule has 7 heteroatoms. The van der Waals surface area contributed by atoms with Crippen molar-refractivity contribution in [3.63, 3.8) is 0 Å². The lowest BCUT2D eigenvalue weighted by atomic mass is 10.1. The van der Waals surface area contributed by atoms with Crippen LogP contribution in [-0.2, 0) is 13.0 Å². The summed E-state index contributed by atoms with van der Waals surface area (Å²) in [5.74, 6) is 1.06. The van der Waals surface area contributed by atoms with Crippen LogP contribution in [0.15, 0.2) is 52.8 Å². The molecule has 0 unspecified atom stereocenters. The lowest BCUT2D eigenvalue weighted by molar-refractivity contribution is 0.0998. The predicted molar refractivity (Wildman–Crippen MR) is 112 cm³/mol. The third-order valence-electron chi connectivity index (χ3n) is 4.37. The fourth-order valence-corrected chi connectivity index (χ4v) is 3.95. The molecule has 0 fully saturated rings. The maximum absolute atomic E-state index is 12.5. The summed E-state index contributed by atoms with van der Waals surface area (Å²) in [6.45, 7) is 2.70. The van der Waals surface area contributed by atoms with Crippen molar-refractivity contribution < 1.29 is 14.3 Å². The van der Waals surface area contributed by atoms with Crippen molar-refractivity contribution in [3.05, 3.63) is 74.5 Å². The molecule has 3 rings (SSSR count). The fraction of sp³-hybridized carbons (Fsp3) is 0.238. The number of amides is 1. The van der Waals surface area contributed by atoms with Crippen molar-refractivity contribution in [2.45, 2.75) is 19.9 Å². The van der Waals surface area contributed by atoms with Crippen LogP contribution in [0.3, 0.4) is 0 Å². The van der Waals surface area contributed by atoms with Crippen molar-refractivity contribution in [1.29, 1.82) is 0 Å². The first kappa shape index (κ1) is 20.2. The molecule has 0 atom stereocenters. The number of aromatic nitrogens is 1. The number of hydrogen-bond acceptors (Lipinski definition) is 4. The fourth-order valence-electron chi connectivity index (χ4n) is 2.83. The van der Waals surface area contributed by atoms with Crippen LogP contribution in [0.2, 0.25) is 5.02 Å². The minimum atomic E-state index is -0.340. The normalized spacial score (nSPS) is 11.5. The number of methoxy groups -OCH3 is 2. The summed E-state index contributed by atoms with van der Waals surface area (Å²) in [6, 6.07) is 12.8.